The third-order valence-corrected chi connectivity index (χ3v) is 3.57. The van der Waals surface area contributed by atoms with E-state index in [2.05, 4.69) is 23.6 Å². The first kappa shape index (κ1) is 12.4. The van der Waals surface area contributed by atoms with Crippen LogP contribution in [0.4, 0.5) is 10.1 Å². The fourth-order valence-electron chi connectivity index (χ4n) is 2.27. The van der Waals surface area contributed by atoms with Gasteiger partial charge in [0.05, 0.1) is 0 Å². The molecule has 0 spiro atoms. The lowest BCUT2D eigenvalue weighted by atomic mass is 10.1. The Morgan fingerprint density at radius 3 is 2.29 bits per heavy atom. The molecule has 1 aromatic carbocycles. The van der Waals surface area contributed by atoms with Crippen molar-refractivity contribution >= 4 is 5.69 Å². The van der Waals surface area contributed by atoms with Crippen molar-refractivity contribution in [3.8, 4) is 0 Å². The Morgan fingerprint density at radius 2 is 1.76 bits per heavy atom. The largest absolute Gasteiger partial charge is 0.369 e. The van der Waals surface area contributed by atoms with Crippen LogP contribution in [0.2, 0.25) is 0 Å². The summed E-state index contributed by atoms with van der Waals surface area (Å²) in [7, 11) is 0. The van der Waals surface area contributed by atoms with Gasteiger partial charge in [-0.05, 0) is 38.5 Å². The Kier molecular flexibility index (Phi) is 3.67. The van der Waals surface area contributed by atoms with Crippen LogP contribution in [0, 0.1) is 12.7 Å². The van der Waals surface area contributed by atoms with Crippen LogP contribution in [-0.2, 0) is 0 Å². The average molecular weight is 236 g/mol. The van der Waals surface area contributed by atoms with Crippen molar-refractivity contribution in [3.63, 3.8) is 0 Å². The van der Waals surface area contributed by atoms with Crippen LogP contribution in [-0.4, -0.2) is 37.1 Å². The summed E-state index contributed by atoms with van der Waals surface area (Å²) in [5, 5.41) is 0. The first-order chi connectivity index (χ1) is 8.08. The molecule has 2 rings (SSSR count). The predicted molar refractivity (Wildman–Crippen MR) is 70.1 cm³/mol. The molecule has 0 radical (unpaired) electrons. The van der Waals surface area contributed by atoms with Crippen LogP contribution in [0.25, 0.3) is 0 Å². The summed E-state index contributed by atoms with van der Waals surface area (Å²) >= 11 is 0. The SMILES string of the molecule is Cc1ccc(N2CCN(C(C)C)CC2)cc1F. The molecular formula is C14H21FN2. The van der Waals surface area contributed by atoms with Crippen LogP contribution in [0.1, 0.15) is 19.4 Å². The quantitative estimate of drug-likeness (QED) is 0.779. The second-order valence-corrected chi connectivity index (χ2v) is 5.05. The first-order valence-corrected chi connectivity index (χ1v) is 6.33. The van der Waals surface area contributed by atoms with Gasteiger partial charge in [-0.2, -0.15) is 0 Å². The van der Waals surface area contributed by atoms with E-state index in [-0.39, 0.29) is 5.82 Å². The Balaban J connectivity index is 2.03. The molecule has 1 heterocycles. The van der Waals surface area contributed by atoms with Gasteiger partial charge < -0.3 is 4.90 Å². The first-order valence-electron chi connectivity index (χ1n) is 6.33. The number of benzene rings is 1. The smallest absolute Gasteiger partial charge is 0.128 e. The maximum absolute atomic E-state index is 13.5. The van der Waals surface area contributed by atoms with Gasteiger partial charge in [-0.25, -0.2) is 4.39 Å². The zero-order valence-electron chi connectivity index (χ0n) is 10.9. The molecule has 17 heavy (non-hydrogen) atoms. The molecule has 1 aliphatic rings. The van der Waals surface area contributed by atoms with Gasteiger partial charge in [-0.1, -0.05) is 6.07 Å². The van der Waals surface area contributed by atoms with E-state index in [4.69, 9.17) is 0 Å². The summed E-state index contributed by atoms with van der Waals surface area (Å²) in [5.74, 6) is -0.103. The van der Waals surface area contributed by atoms with Gasteiger partial charge >= 0.3 is 0 Å². The third kappa shape index (κ3) is 2.78. The highest BCUT2D eigenvalue weighted by Crippen LogP contribution is 2.20. The normalized spacial score (nSPS) is 17.8. The van der Waals surface area contributed by atoms with E-state index < -0.39 is 0 Å². The lowest BCUT2D eigenvalue weighted by molar-refractivity contribution is 0.209. The van der Waals surface area contributed by atoms with Gasteiger partial charge in [0.1, 0.15) is 5.82 Å². The molecule has 0 N–H and O–H groups in total. The molecule has 94 valence electrons. The van der Waals surface area contributed by atoms with Crippen molar-refractivity contribution in [1.82, 2.24) is 4.90 Å². The molecule has 0 aromatic heterocycles. The molecule has 0 aliphatic carbocycles. The molecule has 1 aromatic rings. The van der Waals surface area contributed by atoms with Crippen LogP contribution in [0.15, 0.2) is 18.2 Å². The number of rotatable bonds is 2. The molecule has 0 amide bonds. The molecule has 2 nitrogen and oxygen atoms in total. The lowest BCUT2D eigenvalue weighted by Crippen LogP contribution is -2.48. The monoisotopic (exact) mass is 236 g/mol. The Bertz CT molecular complexity index is 382. The number of hydrogen-bond acceptors (Lipinski definition) is 2. The van der Waals surface area contributed by atoms with Crippen LogP contribution in [0.5, 0.6) is 0 Å². The van der Waals surface area contributed by atoms with Gasteiger partial charge in [0.2, 0.25) is 0 Å². The zero-order valence-corrected chi connectivity index (χ0v) is 10.9. The summed E-state index contributed by atoms with van der Waals surface area (Å²) in [6.07, 6.45) is 0. The fraction of sp³-hybridized carbons (Fsp3) is 0.571. The van der Waals surface area contributed by atoms with Crippen molar-refractivity contribution in [1.29, 1.82) is 0 Å². The molecule has 0 saturated carbocycles. The highest BCUT2D eigenvalue weighted by Gasteiger charge is 2.19. The molecule has 1 fully saturated rings. The van der Waals surface area contributed by atoms with E-state index in [0.717, 1.165) is 37.4 Å². The number of aryl methyl sites for hydroxylation is 1. The molecule has 0 unspecified atom stereocenters. The highest BCUT2D eigenvalue weighted by molar-refractivity contribution is 5.48. The highest BCUT2D eigenvalue weighted by atomic mass is 19.1. The topological polar surface area (TPSA) is 6.48 Å². The van der Waals surface area contributed by atoms with E-state index in [9.17, 15) is 4.39 Å². The van der Waals surface area contributed by atoms with Gasteiger partial charge in [0, 0.05) is 37.9 Å². The van der Waals surface area contributed by atoms with E-state index in [1.807, 2.05) is 12.1 Å². The second-order valence-electron chi connectivity index (χ2n) is 5.05. The Labute approximate surface area is 103 Å². The fourth-order valence-corrected chi connectivity index (χ4v) is 2.27. The average Bonchev–Trinajstić information content (AvgIpc) is 2.33. The van der Waals surface area contributed by atoms with Gasteiger partial charge in [0.15, 0.2) is 0 Å². The Hall–Kier alpha value is -1.09. The number of nitrogens with zero attached hydrogens (tertiary/aromatic N) is 2. The number of hydrogen-bond donors (Lipinski definition) is 0. The Morgan fingerprint density at radius 1 is 1.12 bits per heavy atom. The minimum Gasteiger partial charge on any atom is -0.369 e. The van der Waals surface area contributed by atoms with Crippen molar-refractivity contribution in [2.24, 2.45) is 0 Å². The van der Waals surface area contributed by atoms with Gasteiger partial charge in [0.25, 0.3) is 0 Å². The molecule has 0 bridgehead atoms. The number of piperazine rings is 1. The molecule has 1 saturated heterocycles. The van der Waals surface area contributed by atoms with E-state index >= 15 is 0 Å². The minimum absolute atomic E-state index is 0.103. The van der Waals surface area contributed by atoms with Crippen molar-refractivity contribution < 1.29 is 4.39 Å². The summed E-state index contributed by atoms with van der Waals surface area (Å²) in [4.78, 5) is 4.72. The standard InChI is InChI=1S/C14H21FN2/c1-11(2)16-6-8-17(9-7-16)13-5-4-12(3)14(15)10-13/h4-5,10-11H,6-9H2,1-3H3. The van der Waals surface area contributed by atoms with E-state index in [1.54, 1.807) is 13.0 Å². The summed E-state index contributed by atoms with van der Waals surface area (Å²) in [6.45, 7) is 10.3. The van der Waals surface area contributed by atoms with Crippen molar-refractivity contribution in [2.45, 2.75) is 26.8 Å². The maximum Gasteiger partial charge on any atom is 0.128 e. The van der Waals surface area contributed by atoms with E-state index in [1.165, 1.54) is 0 Å². The summed E-state index contributed by atoms with van der Waals surface area (Å²) in [5.41, 5.74) is 1.73. The van der Waals surface area contributed by atoms with Crippen LogP contribution < -0.4 is 4.90 Å². The summed E-state index contributed by atoms with van der Waals surface area (Å²) < 4.78 is 13.5. The van der Waals surface area contributed by atoms with Gasteiger partial charge in [-0.15, -0.1) is 0 Å². The van der Waals surface area contributed by atoms with Crippen molar-refractivity contribution in [2.75, 3.05) is 31.1 Å². The second kappa shape index (κ2) is 5.05. The molecule has 3 heteroatoms. The maximum atomic E-state index is 13.5. The number of anilines is 1. The molecule has 0 atom stereocenters. The van der Waals surface area contributed by atoms with Gasteiger partial charge in [-0.3, -0.25) is 4.90 Å². The van der Waals surface area contributed by atoms with Crippen LogP contribution in [0.3, 0.4) is 0 Å². The molecular weight excluding hydrogens is 215 g/mol. The van der Waals surface area contributed by atoms with Crippen LogP contribution >= 0.6 is 0 Å². The minimum atomic E-state index is -0.103. The third-order valence-electron chi connectivity index (χ3n) is 3.57. The lowest BCUT2D eigenvalue weighted by Gasteiger charge is -2.38. The molecule has 1 aliphatic heterocycles. The zero-order chi connectivity index (χ0) is 12.4. The van der Waals surface area contributed by atoms with E-state index in [0.29, 0.717) is 6.04 Å². The van der Waals surface area contributed by atoms with Crippen molar-refractivity contribution in [3.05, 3.63) is 29.6 Å². The summed E-state index contributed by atoms with van der Waals surface area (Å²) in [6, 6.07) is 6.13. The number of halogens is 1. The predicted octanol–water partition coefficient (Wildman–Crippen LogP) is 2.66.